The van der Waals surface area contributed by atoms with E-state index in [0.717, 1.165) is 17.5 Å². The van der Waals surface area contributed by atoms with Crippen LogP contribution in [0.2, 0.25) is 0 Å². The van der Waals surface area contributed by atoms with Crippen LogP contribution in [0.1, 0.15) is 39.7 Å². The van der Waals surface area contributed by atoms with Crippen molar-refractivity contribution < 1.29 is 4.79 Å². The van der Waals surface area contributed by atoms with Crippen molar-refractivity contribution in [1.82, 2.24) is 15.3 Å². The number of rotatable bonds is 4. The maximum Gasteiger partial charge on any atom is 0.253 e. The smallest absolute Gasteiger partial charge is 0.253 e. The Morgan fingerprint density at radius 1 is 1.21 bits per heavy atom. The lowest BCUT2D eigenvalue weighted by Gasteiger charge is -2.08. The van der Waals surface area contributed by atoms with Gasteiger partial charge in [-0.25, -0.2) is 0 Å². The summed E-state index contributed by atoms with van der Waals surface area (Å²) in [6.07, 6.45) is 2.38. The van der Waals surface area contributed by atoms with Crippen molar-refractivity contribution in [2.24, 2.45) is 0 Å². The topological polar surface area (TPSA) is 77.8 Å². The van der Waals surface area contributed by atoms with E-state index in [1.165, 1.54) is 40.5 Å². The Morgan fingerprint density at radius 3 is 2.67 bits per heavy atom. The van der Waals surface area contributed by atoms with E-state index in [1.807, 2.05) is 0 Å². The third-order valence-corrected chi connectivity index (χ3v) is 4.34. The summed E-state index contributed by atoms with van der Waals surface area (Å²) in [4.78, 5) is 29.3. The summed E-state index contributed by atoms with van der Waals surface area (Å²) in [6.45, 7) is 6.74. The van der Waals surface area contributed by atoms with Gasteiger partial charge in [-0.1, -0.05) is 18.6 Å². The van der Waals surface area contributed by atoms with Gasteiger partial charge in [0.25, 0.3) is 5.91 Å². The molecule has 1 aromatic carbocycles. The predicted molar refractivity (Wildman–Crippen MR) is 95.4 cm³/mol. The highest BCUT2D eigenvalue weighted by atomic mass is 16.1. The maximum absolute atomic E-state index is 12.2. The molecule has 0 aliphatic carbocycles. The normalized spacial score (nSPS) is 11.0. The molecular weight excluding hydrogens is 302 g/mol. The van der Waals surface area contributed by atoms with Gasteiger partial charge < -0.3 is 15.3 Å². The van der Waals surface area contributed by atoms with Gasteiger partial charge in [0.1, 0.15) is 0 Å². The number of hydrogen-bond donors (Lipinski definition) is 3. The van der Waals surface area contributed by atoms with E-state index in [9.17, 15) is 9.59 Å². The van der Waals surface area contributed by atoms with Crippen LogP contribution in [-0.2, 0) is 13.0 Å². The molecule has 0 bridgehead atoms. The minimum atomic E-state index is -0.221. The minimum absolute atomic E-state index is 0.208. The first-order valence-electron chi connectivity index (χ1n) is 8.07. The van der Waals surface area contributed by atoms with Crippen molar-refractivity contribution in [3.63, 3.8) is 0 Å². The number of hydrogen-bond acceptors (Lipinski definition) is 2. The fourth-order valence-electron chi connectivity index (χ4n) is 3.03. The third kappa shape index (κ3) is 2.97. The number of H-pyrrole nitrogens is 2. The van der Waals surface area contributed by atoms with Gasteiger partial charge in [0.2, 0.25) is 5.56 Å². The molecule has 3 aromatic rings. The molecule has 5 nitrogen and oxygen atoms in total. The Hall–Kier alpha value is -2.82. The van der Waals surface area contributed by atoms with E-state index < -0.39 is 0 Å². The van der Waals surface area contributed by atoms with Gasteiger partial charge in [-0.3, -0.25) is 9.59 Å². The first kappa shape index (κ1) is 16.1. The highest BCUT2D eigenvalue weighted by Gasteiger charge is 2.12. The van der Waals surface area contributed by atoms with Crippen molar-refractivity contribution in [2.45, 2.75) is 33.7 Å². The molecule has 0 aliphatic heterocycles. The molecule has 3 rings (SSSR count). The Bertz CT molecular complexity index is 946. The largest absolute Gasteiger partial charge is 0.358 e. The number of aryl methyl sites for hydroxylation is 3. The molecular formula is C19H21N3O2. The molecule has 0 spiro atoms. The van der Waals surface area contributed by atoms with Crippen molar-refractivity contribution in [1.29, 1.82) is 0 Å². The van der Waals surface area contributed by atoms with Crippen LogP contribution in [-0.4, -0.2) is 15.9 Å². The van der Waals surface area contributed by atoms with Gasteiger partial charge in [0.15, 0.2) is 0 Å². The number of benzene rings is 1. The fraction of sp³-hybridized carbons (Fsp3) is 0.263. The average molecular weight is 323 g/mol. The number of aromatic nitrogens is 2. The number of carbonyl (C=O) groups is 1. The summed E-state index contributed by atoms with van der Waals surface area (Å²) in [7, 11) is 0. The number of amides is 1. The lowest BCUT2D eigenvalue weighted by molar-refractivity contribution is 0.0950. The second-order valence-electron chi connectivity index (χ2n) is 6.05. The van der Waals surface area contributed by atoms with Crippen LogP contribution in [0.4, 0.5) is 0 Å². The van der Waals surface area contributed by atoms with E-state index in [4.69, 9.17) is 0 Å². The van der Waals surface area contributed by atoms with Gasteiger partial charge in [-0.2, -0.15) is 0 Å². The van der Waals surface area contributed by atoms with E-state index in [-0.39, 0.29) is 11.5 Å². The van der Waals surface area contributed by atoms with Gasteiger partial charge >= 0.3 is 0 Å². The van der Waals surface area contributed by atoms with E-state index >= 15 is 0 Å². The molecule has 2 aromatic heterocycles. The van der Waals surface area contributed by atoms with Crippen LogP contribution < -0.4 is 10.9 Å². The zero-order valence-electron chi connectivity index (χ0n) is 14.1. The van der Waals surface area contributed by atoms with Crippen LogP contribution in [0.25, 0.3) is 10.9 Å². The van der Waals surface area contributed by atoms with Crippen LogP contribution in [0.3, 0.4) is 0 Å². The molecule has 2 heterocycles. The Kier molecular flexibility index (Phi) is 4.25. The first-order valence-corrected chi connectivity index (χ1v) is 8.07. The van der Waals surface area contributed by atoms with Crippen molar-refractivity contribution in [3.8, 4) is 0 Å². The molecule has 0 radical (unpaired) electrons. The third-order valence-electron chi connectivity index (χ3n) is 4.34. The molecule has 124 valence electrons. The Balaban J connectivity index is 1.88. The molecule has 0 saturated carbocycles. The lowest BCUT2D eigenvalue weighted by atomic mass is 10.0. The number of nitrogens with one attached hydrogen (secondary N) is 3. The van der Waals surface area contributed by atoms with Crippen molar-refractivity contribution in [3.05, 3.63) is 68.8 Å². The standard InChI is InChI=1S/C19H21N3O2/c1-4-16-12(3)15-8-11(2)7-14(18(15)22-16)10-21-19(24)13-5-6-17(23)20-9-13/h5-9,22H,4,10H2,1-3H3,(H,20,23)(H,21,24). The van der Waals surface area contributed by atoms with E-state index in [2.05, 4.69) is 48.2 Å². The summed E-state index contributed by atoms with van der Waals surface area (Å²) in [5, 5.41) is 4.13. The first-order chi connectivity index (χ1) is 11.5. The van der Waals surface area contributed by atoms with Gasteiger partial charge in [-0.15, -0.1) is 0 Å². The highest BCUT2D eigenvalue weighted by Crippen LogP contribution is 2.26. The van der Waals surface area contributed by atoms with Crippen molar-refractivity contribution in [2.75, 3.05) is 0 Å². The highest BCUT2D eigenvalue weighted by molar-refractivity contribution is 5.94. The Labute approximate surface area is 140 Å². The fourth-order valence-corrected chi connectivity index (χ4v) is 3.03. The molecule has 1 amide bonds. The SMILES string of the molecule is CCc1[nH]c2c(CNC(=O)c3ccc(=O)[nH]c3)cc(C)cc2c1C. The zero-order chi connectivity index (χ0) is 17.3. The number of aromatic amines is 2. The van der Waals surface area contributed by atoms with Crippen LogP contribution >= 0.6 is 0 Å². The number of fused-ring (bicyclic) bond motifs is 1. The summed E-state index contributed by atoms with van der Waals surface area (Å²) >= 11 is 0. The maximum atomic E-state index is 12.2. The van der Waals surface area contributed by atoms with E-state index in [1.54, 1.807) is 0 Å². The van der Waals surface area contributed by atoms with Crippen molar-refractivity contribution >= 4 is 16.8 Å². The molecule has 5 heteroatoms. The van der Waals surface area contributed by atoms with Crippen LogP contribution in [0.15, 0.2) is 35.3 Å². The summed E-state index contributed by atoms with van der Waals surface area (Å²) < 4.78 is 0. The summed E-state index contributed by atoms with van der Waals surface area (Å²) in [6, 6.07) is 7.13. The second kappa shape index (κ2) is 6.35. The summed E-state index contributed by atoms with van der Waals surface area (Å²) in [5.41, 5.74) is 6.02. The number of carbonyl (C=O) groups excluding carboxylic acids is 1. The van der Waals surface area contributed by atoms with Crippen LogP contribution in [0, 0.1) is 13.8 Å². The van der Waals surface area contributed by atoms with Gasteiger partial charge in [0, 0.05) is 29.9 Å². The average Bonchev–Trinajstić information content (AvgIpc) is 2.89. The molecule has 24 heavy (non-hydrogen) atoms. The zero-order valence-corrected chi connectivity index (χ0v) is 14.1. The van der Waals surface area contributed by atoms with Crippen LogP contribution in [0.5, 0.6) is 0 Å². The van der Waals surface area contributed by atoms with Gasteiger partial charge in [-0.05, 0) is 43.5 Å². The lowest BCUT2D eigenvalue weighted by Crippen LogP contribution is -2.23. The van der Waals surface area contributed by atoms with Gasteiger partial charge in [0.05, 0.1) is 11.1 Å². The van der Waals surface area contributed by atoms with E-state index in [0.29, 0.717) is 12.1 Å². The monoisotopic (exact) mass is 323 g/mol. The quantitative estimate of drug-likeness (QED) is 0.690. The molecule has 3 N–H and O–H groups in total. The Morgan fingerprint density at radius 2 is 2.00 bits per heavy atom. The molecule has 0 atom stereocenters. The predicted octanol–water partition coefficient (Wildman–Crippen LogP) is 2.97. The molecule has 0 saturated heterocycles. The molecule has 0 fully saturated rings. The molecule has 0 unspecified atom stereocenters. The minimum Gasteiger partial charge on any atom is -0.358 e. The second-order valence-corrected chi connectivity index (χ2v) is 6.05. The number of pyridine rings is 1. The summed E-state index contributed by atoms with van der Waals surface area (Å²) in [5.74, 6) is -0.208. The molecule has 0 aliphatic rings.